The first-order valence-corrected chi connectivity index (χ1v) is 6.59. The average molecular weight is 281 g/mol. The van der Waals surface area contributed by atoms with Gasteiger partial charge in [-0.1, -0.05) is 0 Å². The largest absolute Gasteiger partial charge is 0.452 e. The molecule has 1 aromatic rings. The average Bonchev–Trinajstić information content (AvgIpc) is 2.79. The number of nitrogens with zero attached hydrogens (tertiary/aromatic N) is 2. The zero-order chi connectivity index (χ0) is 13.0. The van der Waals surface area contributed by atoms with E-state index in [9.17, 15) is 13.2 Å². The van der Waals surface area contributed by atoms with Gasteiger partial charge in [-0.3, -0.25) is 0 Å². The fourth-order valence-electron chi connectivity index (χ4n) is 1.79. The van der Waals surface area contributed by atoms with E-state index >= 15 is 0 Å². The molecule has 0 amide bonds. The molecule has 0 aliphatic carbocycles. The Hall–Kier alpha value is -0.890. The van der Waals surface area contributed by atoms with Crippen LogP contribution in [0.1, 0.15) is 31.5 Å². The highest BCUT2D eigenvalue weighted by Gasteiger charge is 2.36. The lowest BCUT2D eigenvalue weighted by Crippen LogP contribution is -2.22. The number of hydrogen-bond donors (Lipinski definition) is 1. The van der Waals surface area contributed by atoms with Crippen LogP contribution in [0.4, 0.5) is 18.3 Å². The monoisotopic (exact) mass is 281 g/mol. The molecule has 0 spiro atoms. The highest BCUT2D eigenvalue weighted by Crippen LogP contribution is 2.28. The van der Waals surface area contributed by atoms with E-state index in [4.69, 9.17) is 4.74 Å². The van der Waals surface area contributed by atoms with Gasteiger partial charge < -0.3 is 10.1 Å². The van der Waals surface area contributed by atoms with Crippen molar-refractivity contribution < 1.29 is 17.9 Å². The molecule has 1 atom stereocenters. The molecule has 2 heterocycles. The molecule has 0 bridgehead atoms. The van der Waals surface area contributed by atoms with Gasteiger partial charge in [-0.2, -0.15) is 22.5 Å². The van der Waals surface area contributed by atoms with Crippen molar-refractivity contribution in [1.82, 2.24) is 9.36 Å². The van der Waals surface area contributed by atoms with Gasteiger partial charge in [0.25, 0.3) is 0 Å². The highest BCUT2D eigenvalue weighted by molar-refractivity contribution is 7.09. The molecule has 2 rings (SSSR count). The molecular formula is C10H14F3N3OS. The summed E-state index contributed by atoms with van der Waals surface area (Å²) in [5.41, 5.74) is 0. The smallest absolute Gasteiger partial charge is 0.378 e. The fraction of sp³-hybridized carbons (Fsp3) is 0.800. The number of hydrogen-bond acceptors (Lipinski definition) is 5. The molecular weight excluding hydrogens is 267 g/mol. The van der Waals surface area contributed by atoms with Crippen molar-refractivity contribution in [2.45, 2.75) is 38.0 Å². The van der Waals surface area contributed by atoms with Crippen LogP contribution in [0.5, 0.6) is 0 Å². The maximum absolute atomic E-state index is 12.2. The lowest BCUT2D eigenvalue weighted by atomic mass is 10.1. The van der Waals surface area contributed by atoms with Crippen molar-refractivity contribution in [3.05, 3.63) is 5.82 Å². The minimum Gasteiger partial charge on any atom is -0.378 e. The van der Waals surface area contributed by atoms with Crippen LogP contribution < -0.4 is 5.32 Å². The maximum Gasteiger partial charge on any atom is 0.452 e. The van der Waals surface area contributed by atoms with Crippen molar-refractivity contribution in [2.75, 3.05) is 18.5 Å². The number of aromatic nitrogens is 2. The first-order valence-electron chi connectivity index (χ1n) is 5.82. The zero-order valence-electron chi connectivity index (χ0n) is 9.66. The summed E-state index contributed by atoms with van der Waals surface area (Å²) in [6.07, 6.45) is -0.215. The minimum absolute atomic E-state index is 0.207. The number of rotatable bonds is 4. The van der Waals surface area contributed by atoms with E-state index in [-0.39, 0.29) is 11.2 Å². The van der Waals surface area contributed by atoms with Crippen molar-refractivity contribution >= 4 is 16.7 Å². The Morgan fingerprint density at radius 3 is 2.83 bits per heavy atom. The number of ether oxygens (including phenoxy) is 1. The van der Waals surface area contributed by atoms with Crippen LogP contribution in [0.2, 0.25) is 0 Å². The van der Waals surface area contributed by atoms with Crippen LogP contribution in [-0.2, 0) is 10.9 Å². The highest BCUT2D eigenvalue weighted by atomic mass is 32.1. The second-order valence-corrected chi connectivity index (χ2v) is 4.88. The Kier molecular flexibility index (Phi) is 4.39. The minimum atomic E-state index is -4.47. The second kappa shape index (κ2) is 5.83. The van der Waals surface area contributed by atoms with Gasteiger partial charge in [-0.15, -0.1) is 0 Å². The SMILES string of the molecule is FC(F)(F)c1nsc(NCCC2CCCCO2)n1. The fourth-order valence-corrected chi connectivity index (χ4v) is 2.40. The third-order valence-corrected chi connectivity index (χ3v) is 3.37. The predicted octanol–water partition coefficient (Wildman–Crippen LogP) is 2.93. The molecule has 102 valence electrons. The first-order chi connectivity index (χ1) is 8.55. The molecule has 1 N–H and O–H groups in total. The zero-order valence-corrected chi connectivity index (χ0v) is 10.5. The van der Waals surface area contributed by atoms with Crippen LogP contribution in [-0.4, -0.2) is 28.6 Å². The van der Waals surface area contributed by atoms with Gasteiger partial charge in [0.05, 0.1) is 6.10 Å². The molecule has 0 aromatic carbocycles. The van der Waals surface area contributed by atoms with Gasteiger partial charge in [0.15, 0.2) is 0 Å². The molecule has 18 heavy (non-hydrogen) atoms. The van der Waals surface area contributed by atoms with Crippen molar-refractivity contribution in [1.29, 1.82) is 0 Å². The molecule has 1 saturated heterocycles. The third-order valence-electron chi connectivity index (χ3n) is 2.70. The van der Waals surface area contributed by atoms with E-state index in [0.717, 1.165) is 43.8 Å². The van der Waals surface area contributed by atoms with E-state index in [2.05, 4.69) is 14.7 Å². The number of anilines is 1. The van der Waals surface area contributed by atoms with E-state index in [1.165, 1.54) is 0 Å². The van der Waals surface area contributed by atoms with E-state index in [1.54, 1.807) is 0 Å². The van der Waals surface area contributed by atoms with Crippen LogP contribution in [0.3, 0.4) is 0 Å². The topological polar surface area (TPSA) is 47.0 Å². The Balaban J connectivity index is 1.74. The molecule has 1 aromatic heterocycles. The predicted molar refractivity (Wildman–Crippen MR) is 61.6 cm³/mol. The molecule has 1 unspecified atom stereocenters. The van der Waals surface area contributed by atoms with Crippen LogP contribution in [0.25, 0.3) is 0 Å². The van der Waals surface area contributed by atoms with Crippen molar-refractivity contribution in [3.8, 4) is 0 Å². The first kappa shape index (κ1) is 13.5. The Morgan fingerprint density at radius 2 is 2.22 bits per heavy atom. The van der Waals surface area contributed by atoms with E-state index in [0.29, 0.717) is 6.54 Å². The van der Waals surface area contributed by atoms with Gasteiger partial charge in [-0.05, 0) is 25.7 Å². The van der Waals surface area contributed by atoms with Gasteiger partial charge in [0.1, 0.15) is 0 Å². The van der Waals surface area contributed by atoms with Crippen molar-refractivity contribution in [3.63, 3.8) is 0 Å². The molecule has 8 heteroatoms. The van der Waals surface area contributed by atoms with Crippen LogP contribution in [0.15, 0.2) is 0 Å². The summed E-state index contributed by atoms with van der Waals surface area (Å²) in [6.45, 7) is 1.33. The van der Waals surface area contributed by atoms with Crippen LogP contribution in [0, 0.1) is 0 Å². The molecule has 1 aliphatic heterocycles. The van der Waals surface area contributed by atoms with Crippen molar-refractivity contribution in [2.24, 2.45) is 0 Å². The quantitative estimate of drug-likeness (QED) is 0.921. The molecule has 1 fully saturated rings. The lowest BCUT2D eigenvalue weighted by molar-refractivity contribution is -0.144. The van der Waals surface area contributed by atoms with Crippen LogP contribution >= 0.6 is 11.5 Å². The summed E-state index contributed by atoms with van der Waals surface area (Å²) in [4.78, 5) is 3.39. The third kappa shape index (κ3) is 3.81. The summed E-state index contributed by atoms with van der Waals surface area (Å²) in [5.74, 6) is -1.08. The molecule has 1 aliphatic rings. The standard InChI is InChI=1S/C10H14F3N3OS/c11-10(12,13)8-15-9(18-16-8)14-5-4-7-3-1-2-6-17-7/h7H,1-6H2,(H,14,15,16). The van der Waals surface area contributed by atoms with Gasteiger partial charge in [0, 0.05) is 24.7 Å². The molecule has 0 radical (unpaired) electrons. The van der Waals surface area contributed by atoms with Gasteiger partial charge >= 0.3 is 6.18 Å². The summed E-state index contributed by atoms with van der Waals surface area (Å²) < 4.78 is 45.5. The second-order valence-electron chi connectivity index (χ2n) is 4.12. The summed E-state index contributed by atoms with van der Waals surface area (Å²) in [5, 5.41) is 3.06. The van der Waals surface area contributed by atoms with E-state index in [1.807, 2.05) is 0 Å². The lowest BCUT2D eigenvalue weighted by Gasteiger charge is -2.22. The van der Waals surface area contributed by atoms with E-state index < -0.39 is 12.0 Å². The normalized spacial score (nSPS) is 20.9. The number of alkyl halides is 3. The van der Waals surface area contributed by atoms with Gasteiger partial charge in [-0.25, -0.2) is 0 Å². The summed E-state index contributed by atoms with van der Waals surface area (Å²) in [6, 6.07) is 0. The summed E-state index contributed by atoms with van der Waals surface area (Å²) in [7, 11) is 0. The van der Waals surface area contributed by atoms with Gasteiger partial charge in [0.2, 0.25) is 11.0 Å². The number of nitrogens with one attached hydrogen (secondary N) is 1. The molecule has 4 nitrogen and oxygen atoms in total. The molecule has 0 saturated carbocycles. The Morgan fingerprint density at radius 1 is 1.39 bits per heavy atom. The Bertz CT molecular complexity index is 377. The Labute approximate surface area is 107 Å². The number of halogens is 3. The summed E-state index contributed by atoms with van der Waals surface area (Å²) >= 11 is 0.730. The maximum atomic E-state index is 12.2.